The number of carbonyl (C=O) groups excluding carboxylic acids is 1. The highest BCUT2D eigenvalue weighted by Gasteiger charge is 2.16. The van der Waals surface area contributed by atoms with E-state index < -0.39 is 0 Å². The first kappa shape index (κ1) is 22.7. The molecule has 0 spiro atoms. The van der Waals surface area contributed by atoms with E-state index in [1.807, 2.05) is 24.3 Å². The van der Waals surface area contributed by atoms with Crippen LogP contribution in [0.4, 0.5) is 0 Å². The van der Waals surface area contributed by atoms with Gasteiger partial charge in [-0.3, -0.25) is 9.79 Å². The van der Waals surface area contributed by atoms with Gasteiger partial charge in [-0.15, -0.1) is 24.0 Å². The first-order valence-electron chi connectivity index (χ1n) is 9.06. The average molecular weight is 473 g/mol. The molecule has 3 N–H and O–H groups in total. The van der Waals surface area contributed by atoms with Crippen LogP contribution in [-0.4, -0.2) is 64.1 Å². The topological polar surface area (TPSA) is 68.8 Å². The zero-order valence-corrected chi connectivity index (χ0v) is 18.4. The van der Waals surface area contributed by atoms with Crippen LogP contribution in [0, 0.1) is 5.92 Å². The number of likely N-dealkylation sites (tertiary alicyclic amines) is 1. The fourth-order valence-corrected chi connectivity index (χ4v) is 3.07. The van der Waals surface area contributed by atoms with Gasteiger partial charge in [0.1, 0.15) is 0 Å². The highest BCUT2D eigenvalue weighted by atomic mass is 127. The zero-order chi connectivity index (χ0) is 18.1. The Balaban J connectivity index is 0.00000338. The SMILES string of the molecule is CN=C(NCCc1cccc(C(=O)NC)c1)NCC1CCN(C)CC1.I. The van der Waals surface area contributed by atoms with E-state index in [1.54, 1.807) is 14.1 Å². The van der Waals surface area contributed by atoms with Gasteiger partial charge < -0.3 is 20.9 Å². The van der Waals surface area contributed by atoms with Crippen LogP contribution in [0.25, 0.3) is 0 Å². The van der Waals surface area contributed by atoms with E-state index in [0.717, 1.165) is 37.0 Å². The molecule has 0 aliphatic carbocycles. The van der Waals surface area contributed by atoms with E-state index >= 15 is 0 Å². The molecule has 1 aliphatic heterocycles. The Labute approximate surface area is 174 Å². The van der Waals surface area contributed by atoms with E-state index in [2.05, 4.69) is 32.9 Å². The number of aliphatic imine (C=N–C) groups is 1. The minimum absolute atomic E-state index is 0. The number of rotatable bonds is 6. The highest BCUT2D eigenvalue weighted by Crippen LogP contribution is 2.14. The predicted octanol–water partition coefficient (Wildman–Crippen LogP) is 1.71. The van der Waals surface area contributed by atoms with Gasteiger partial charge in [0.05, 0.1) is 0 Å². The van der Waals surface area contributed by atoms with E-state index in [1.165, 1.54) is 25.9 Å². The summed E-state index contributed by atoms with van der Waals surface area (Å²) >= 11 is 0. The highest BCUT2D eigenvalue weighted by molar-refractivity contribution is 14.0. The van der Waals surface area contributed by atoms with E-state index in [9.17, 15) is 4.79 Å². The Morgan fingerprint density at radius 1 is 1.27 bits per heavy atom. The minimum atomic E-state index is -0.0505. The lowest BCUT2D eigenvalue weighted by Crippen LogP contribution is -2.42. The molecule has 0 unspecified atom stereocenters. The van der Waals surface area contributed by atoms with Gasteiger partial charge in [-0.25, -0.2) is 0 Å². The molecule has 7 heteroatoms. The van der Waals surface area contributed by atoms with Gasteiger partial charge in [0.25, 0.3) is 5.91 Å². The quantitative estimate of drug-likeness (QED) is 0.335. The maximum Gasteiger partial charge on any atom is 0.251 e. The van der Waals surface area contributed by atoms with Crippen LogP contribution in [0.1, 0.15) is 28.8 Å². The van der Waals surface area contributed by atoms with Crippen molar-refractivity contribution in [1.82, 2.24) is 20.9 Å². The van der Waals surface area contributed by atoms with Crippen LogP contribution in [0.5, 0.6) is 0 Å². The van der Waals surface area contributed by atoms with Crippen LogP contribution >= 0.6 is 24.0 Å². The Morgan fingerprint density at radius 2 is 2.00 bits per heavy atom. The predicted molar refractivity (Wildman–Crippen MR) is 119 cm³/mol. The van der Waals surface area contributed by atoms with Gasteiger partial charge in [-0.2, -0.15) is 0 Å². The second kappa shape index (κ2) is 12.1. The van der Waals surface area contributed by atoms with Crippen molar-refractivity contribution in [3.63, 3.8) is 0 Å². The number of nitrogens with one attached hydrogen (secondary N) is 3. The molecule has 1 amide bonds. The van der Waals surface area contributed by atoms with Crippen LogP contribution in [0.3, 0.4) is 0 Å². The second-order valence-electron chi connectivity index (χ2n) is 6.66. The van der Waals surface area contributed by atoms with E-state index in [4.69, 9.17) is 0 Å². The summed E-state index contributed by atoms with van der Waals surface area (Å²) in [6, 6.07) is 7.74. The van der Waals surface area contributed by atoms with Crippen LogP contribution in [0.15, 0.2) is 29.3 Å². The number of carbonyl (C=O) groups is 1. The summed E-state index contributed by atoms with van der Waals surface area (Å²) in [6.07, 6.45) is 3.33. The Morgan fingerprint density at radius 3 is 2.65 bits per heavy atom. The molecule has 0 aromatic heterocycles. The standard InChI is InChI=1S/C19H31N5O.HI/c1-20-18(25)17-6-4-5-15(13-17)7-10-22-19(21-2)23-14-16-8-11-24(3)12-9-16;/h4-6,13,16H,7-12,14H2,1-3H3,(H,20,25)(H2,21,22,23);1H. The smallest absolute Gasteiger partial charge is 0.251 e. The van der Waals surface area contributed by atoms with Crippen molar-refractivity contribution in [3.8, 4) is 0 Å². The summed E-state index contributed by atoms with van der Waals surface area (Å²) in [5.74, 6) is 1.52. The number of halogens is 1. The Bertz CT molecular complexity index is 585. The largest absolute Gasteiger partial charge is 0.356 e. The van der Waals surface area contributed by atoms with Crippen molar-refractivity contribution in [2.24, 2.45) is 10.9 Å². The van der Waals surface area contributed by atoms with Gasteiger partial charge in [0.15, 0.2) is 5.96 Å². The van der Waals surface area contributed by atoms with Gasteiger partial charge in [0.2, 0.25) is 0 Å². The number of piperidine rings is 1. The number of nitrogens with zero attached hydrogens (tertiary/aromatic N) is 2. The Hall–Kier alpha value is -1.35. The summed E-state index contributed by atoms with van der Waals surface area (Å²) in [4.78, 5) is 18.4. The summed E-state index contributed by atoms with van der Waals surface area (Å²) < 4.78 is 0. The van der Waals surface area contributed by atoms with Crippen molar-refractivity contribution in [3.05, 3.63) is 35.4 Å². The number of hydrogen-bond acceptors (Lipinski definition) is 3. The second-order valence-corrected chi connectivity index (χ2v) is 6.66. The van der Waals surface area contributed by atoms with Crippen molar-refractivity contribution >= 4 is 35.8 Å². The molecule has 1 saturated heterocycles. The van der Waals surface area contributed by atoms with Gasteiger partial charge in [-0.05, 0) is 63.0 Å². The molecule has 1 aromatic carbocycles. The van der Waals surface area contributed by atoms with Crippen LogP contribution in [-0.2, 0) is 6.42 Å². The maximum atomic E-state index is 11.7. The molecule has 1 aliphatic rings. The first-order valence-corrected chi connectivity index (χ1v) is 9.06. The fourth-order valence-electron chi connectivity index (χ4n) is 3.07. The number of hydrogen-bond donors (Lipinski definition) is 3. The monoisotopic (exact) mass is 473 g/mol. The van der Waals surface area contributed by atoms with Crippen LogP contribution < -0.4 is 16.0 Å². The van der Waals surface area contributed by atoms with Crippen molar-refractivity contribution in [1.29, 1.82) is 0 Å². The summed E-state index contributed by atoms with van der Waals surface area (Å²) in [5.41, 5.74) is 1.84. The number of guanidine groups is 1. The summed E-state index contributed by atoms with van der Waals surface area (Å²) in [7, 11) is 5.63. The van der Waals surface area contributed by atoms with E-state index in [-0.39, 0.29) is 29.9 Å². The molecule has 2 rings (SSSR count). The number of benzene rings is 1. The zero-order valence-electron chi connectivity index (χ0n) is 16.0. The molecule has 0 saturated carbocycles. The van der Waals surface area contributed by atoms with Gasteiger partial charge in [-0.1, -0.05) is 12.1 Å². The average Bonchev–Trinajstić information content (AvgIpc) is 2.65. The molecular weight excluding hydrogens is 441 g/mol. The molecule has 0 atom stereocenters. The van der Waals surface area contributed by atoms with E-state index in [0.29, 0.717) is 5.56 Å². The molecule has 0 radical (unpaired) electrons. The van der Waals surface area contributed by atoms with Crippen molar-refractivity contribution in [2.45, 2.75) is 19.3 Å². The Kier molecular flexibility index (Phi) is 10.6. The fraction of sp³-hybridized carbons (Fsp3) is 0.579. The molecule has 1 aromatic rings. The van der Waals surface area contributed by atoms with Crippen molar-refractivity contribution in [2.75, 3.05) is 47.3 Å². The first-order chi connectivity index (χ1) is 12.1. The van der Waals surface area contributed by atoms with Crippen LogP contribution in [0.2, 0.25) is 0 Å². The lowest BCUT2D eigenvalue weighted by atomic mass is 9.97. The third-order valence-corrected chi connectivity index (χ3v) is 4.74. The van der Waals surface area contributed by atoms with Crippen molar-refractivity contribution < 1.29 is 4.79 Å². The molecule has 146 valence electrons. The summed E-state index contributed by atoms with van der Waals surface area (Å²) in [5, 5.41) is 9.45. The molecular formula is C19H32IN5O. The third-order valence-electron chi connectivity index (χ3n) is 4.74. The minimum Gasteiger partial charge on any atom is -0.356 e. The molecule has 6 nitrogen and oxygen atoms in total. The molecule has 0 bridgehead atoms. The lowest BCUT2D eigenvalue weighted by Gasteiger charge is -2.29. The molecule has 1 heterocycles. The maximum absolute atomic E-state index is 11.7. The summed E-state index contributed by atoms with van der Waals surface area (Å²) in [6.45, 7) is 4.12. The number of amides is 1. The molecule has 26 heavy (non-hydrogen) atoms. The lowest BCUT2D eigenvalue weighted by molar-refractivity contribution is 0.0963. The third kappa shape index (κ3) is 7.49. The van der Waals surface area contributed by atoms with Gasteiger partial charge in [0, 0.05) is 32.7 Å². The molecule has 1 fully saturated rings. The normalized spacial score (nSPS) is 15.9. The van der Waals surface area contributed by atoms with Gasteiger partial charge >= 0.3 is 0 Å².